The van der Waals surface area contributed by atoms with Crippen LogP contribution in [-0.4, -0.2) is 69.9 Å². The molecule has 194 valence electrons. The van der Waals surface area contributed by atoms with E-state index in [4.69, 9.17) is 4.74 Å². The highest BCUT2D eigenvalue weighted by Crippen LogP contribution is 2.39. The van der Waals surface area contributed by atoms with Crippen molar-refractivity contribution in [1.82, 2.24) is 25.3 Å². The van der Waals surface area contributed by atoms with E-state index < -0.39 is 17.9 Å². The van der Waals surface area contributed by atoms with Gasteiger partial charge in [0.05, 0.1) is 6.61 Å². The molecule has 0 saturated heterocycles. The van der Waals surface area contributed by atoms with Crippen LogP contribution in [0.15, 0.2) is 47.2 Å². The summed E-state index contributed by atoms with van der Waals surface area (Å²) in [6, 6.07) is 0. The number of halogens is 2. The van der Waals surface area contributed by atoms with Gasteiger partial charge in [-0.25, -0.2) is 8.78 Å². The minimum Gasteiger partial charge on any atom is -0.494 e. The summed E-state index contributed by atoms with van der Waals surface area (Å²) in [4.78, 5) is 14.9. The number of carbonyl (C=O) groups excluding carboxylic acids is 1. The lowest BCUT2D eigenvalue weighted by Gasteiger charge is -2.31. The van der Waals surface area contributed by atoms with Gasteiger partial charge in [-0.2, -0.15) is 5.10 Å². The van der Waals surface area contributed by atoms with Gasteiger partial charge in [0.15, 0.2) is 6.17 Å². The van der Waals surface area contributed by atoms with Crippen LogP contribution < -0.4 is 10.6 Å². The number of hydrogen-bond acceptors (Lipinski definition) is 7. The Morgan fingerprint density at radius 1 is 1.39 bits per heavy atom. The largest absolute Gasteiger partial charge is 0.494 e. The van der Waals surface area contributed by atoms with Gasteiger partial charge in [-0.1, -0.05) is 6.08 Å². The van der Waals surface area contributed by atoms with Gasteiger partial charge in [-0.05, 0) is 51.3 Å². The zero-order chi connectivity index (χ0) is 25.6. The van der Waals surface area contributed by atoms with Gasteiger partial charge in [-0.15, -0.1) is 0 Å². The topological polar surface area (TPSA) is 91.6 Å². The minimum absolute atomic E-state index is 0.00782. The highest BCUT2D eigenvalue weighted by atomic mass is 19.2. The molecule has 10 heteroatoms. The molecule has 0 bridgehead atoms. The Labute approximate surface area is 209 Å². The Morgan fingerprint density at radius 3 is 2.89 bits per heavy atom. The van der Waals surface area contributed by atoms with Crippen molar-refractivity contribution >= 4 is 5.78 Å². The first kappa shape index (κ1) is 24.7. The summed E-state index contributed by atoms with van der Waals surface area (Å²) in [6.45, 7) is 2.57. The van der Waals surface area contributed by atoms with Gasteiger partial charge < -0.3 is 25.4 Å². The van der Waals surface area contributed by atoms with Crippen LogP contribution in [0, 0.1) is 6.92 Å². The molecule has 8 nitrogen and oxygen atoms in total. The summed E-state index contributed by atoms with van der Waals surface area (Å²) in [5.74, 6) is -0.368. The number of carbonyl (C=O) groups is 1. The molecule has 2 aliphatic carbocycles. The van der Waals surface area contributed by atoms with Crippen LogP contribution in [0.2, 0.25) is 0 Å². The maximum atomic E-state index is 15.1. The summed E-state index contributed by atoms with van der Waals surface area (Å²) in [5.41, 5.74) is 2.84. The number of allylic oxidation sites excluding steroid dienone is 4. The standard InChI is InChI=1S/C26H33F2N5O3/c1-15-18(23(31-32(15)3)25(34)26(35)9-10-26)8-11-36-24-19(5-6-20(27)22(24)28)16-4-7-21-30-13-17(12-29-2)33(21)14-16/h4,7,13-14,20-22,29-30,35H,5-6,8-12H2,1-3H3. The number of hydrogen-bond donors (Lipinski definition) is 3. The first-order chi connectivity index (χ1) is 17.2. The van der Waals surface area contributed by atoms with Crippen molar-refractivity contribution in [3.63, 3.8) is 0 Å². The van der Waals surface area contributed by atoms with Gasteiger partial charge in [0.2, 0.25) is 5.78 Å². The lowest BCUT2D eigenvalue weighted by molar-refractivity contribution is 0.0681. The molecule has 3 unspecified atom stereocenters. The number of likely N-dealkylation sites (N-methyl/N-ethyl adjacent to an activating group) is 1. The Morgan fingerprint density at radius 2 is 2.17 bits per heavy atom. The zero-order valence-electron chi connectivity index (χ0n) is 20.9. The molecule has 3 N–H and O–H groups in total. The maximum absolute atomic E-state index is 15.1. The second-order valence-electron chi connectivity index (χ2n) is 9.92. The van der Waals surface area contributed by atoms with Crippen molar-refractivity contribution in [3.8, 4) is 0 Å². The number of fused-ring (bicyclic) bond motifs is 1. The smallest absolute Gasteiger partial charge is 0.214 e. The van der Waals surface area contributed by atoms with Crippen LogP contribution in [0.1, 0.15) is 47.4 Å². The molecule has 0 aromatic carbocycles. The van der Waals surface area contributed by atoms with Crippen LogP contribution in [0.25, 0.3) is 0 Å². The average Bonchev–Trinajstić information content (AvgIpc) is 3.40. The Hall–Kier alpha value is -2.98. The highest BCUT2D eigenvalue weighted by molar-refractivity contribution is 6.04. The molecule has 0 spiro atoms. The average molecular weight is 502 g/mol. The number of aryl methyl sites for hydroxylation is 1. The van der Waals surface area contributed by atoms with Crippen molar-refractivity contribution in [2.75, 3.05) is 20.2 Å². The van der Waals surface area contributed by atoms with Gasteiger partial charge >= 0.3 is 0 Å². The number of Topliss-reactive ketones (excluding diaryl/α,β-unsaturated/α-hetero) is 1. The van der Waals surface area contributed by atoms with Gasteiger partial charge in [0.1, 0.15) is 29.4 Å². The Bertz CT molecular complexity index is 1180. The Kier molecular flexibility index (Phi) is 6.50. The van der Waals surface area contributed by atoms with Gasteiger partial charge in [0, 0.05) is 54.9 Å². The lowest BCUT2D eigenvalue weighted by atomic mass is 9.89. The molecule has 0 amide bonds. The number of alkyl halides is 2. The van der Waals surface area contributed by atoms with Crippen LogP contribution in [0.4, 0.5) is 8.78 Å². The summed E-state index contributed by atoms with van der Waals surface area (Å²) in [7, 11) is 3.61. The molecule has 3 atom stereocenters. The van der Waals surface area contributed by atoms with Crippen molar-refractivity contribution in [1.29, 1.82) is 0 Å². The summed E-state index contributed by atoms with van der Waals surface area (Å²) >= 11 is 0. The SMILES string of the molecule is CNCC1=CNC2C=CC(C3=C(OCCc4c(C(=O)C5(O)CC5)nn(C)c4C)C(F)C(F)CC3)=CN12. The van der Waals surface area contributed by atoms with Crippen LogP contribution in [0.3, 0.4) is 0 Å². The normalized spacial score (nSPS) is 26.4. The third-order valence-electron chi connectivity index (χ3n) is 7.46. The van der Waals surface area contributed by atoms with E-state index in [1.54, 1.807) is 11.7 Å². The zero-order valence-corrected chi connectivity index (χ0v) is 20.9. The molecular formula is C26H33F2N5O3. The quantitative estimate of drug-likeness (QED) is 0.448. The minimum atomic E-state index is -1.85. The maximum Gasteiger partial charge on any atom is 0.214 e. The van der Waals surface area contributed by atoms with Crippen molar-refractivity contribution in [3.05, 3.63) is 64.1 Å². The number of ether oxygens (including phenoxy) is 1. The second-order valence-corrected chi connectivity index (χ2v) is 9.92. The molecule has 1 aromatic rings. The molecule has 1 fully saturated rings. The fourth-order valence-electron chi connectivity index (χ4n) is 5.01. The van der Waals surface area contributed by atoms with E-state index in [1.807, 2.05) is 38.5 Å². The number of rotatable bonds is 9. The third kappa shape index (κ3) is 4.37. The molecule has 1 saturated carbocycles. The fourth-order valence-corrected chi connectivity index (χ4v) is 5.01. The number of nitrogens with one attached hydrogen (secondary N) is 2. The summed E-state index contributed by atoms with van der Waals surface area (Å²) in [6.07, 6.45) is 5.93. The molecule has 36 heavy (non-hydrogen) atoms. The van der Waals surface area contributed by atoms with Gasteiger partial charge in [-0.3, -0.25) is 9.48 Å². The third-order valence-corrected chi connectivity index (χ3v) is 7.46. The van der Waals surface area contributed by atoms with E-state index >= 15 is 4.39 Å². The molecule has 1 aromatic heterocycles. The number of aromatic nitrogens is 2. The lowest BCUT2D eigenvalue weighted by Crippen LogP contribution is -2.36. The molecule has 0 radical (unpaired) electrons. The summed E-state index contributed by atoms with van der Waals surface area (Å²) < 4.78 is 37.1. The van der Waals surface area contributed by atoms with E-state index in [0.29, 0.717) is 43.4 Å². The molecule has 4 aliphatic rings. The Balaban J connectivity index is 1.38. The number of ketones is 1. The molecule has 3 heterocycles. The van der Waals surface area contributed by atoms with E-state index in [0.717, 1.165) is 17.0 Å². The van der Waals surface area contributed by atoms with E-state index in [1.165, 1.54) is 0 Å². The molecular weight excluding hydrogens is 468 g/mol. The number of nitrogens with zero attached hydrogens (tertiary/aromatic N) is 3. The first-order valence-corrected chi connectivity index (χ1v) is 12.5. The van der Waals surface area contributed by atoms with Crippen LogP contribution in [0.5, 0.6) is 0 Å². The second kappa shape index (κ2) is 9.48. The van der Waals surface area contributed by atoms with E-state index in [2.05, 4.69) is 20.6 Å². The van der Waals surface area contributed by atoms with E-state index in [9.17, 15) is 14.3 Å². The van der Waals surface area contributed by atoms with Gasteiger partial charge in [0.25, 0.3) is 0 Å². The predicted molar refractivity (Wildman–Crippen MR) is 130 cm³/mol. The summed E-state index contributed by atoms with van der Waals surface area (Å²) in [5, 5.41) is 21.1. The van der Waals surface area contributed by atoms with Crippen LogP contribution >= 0.6 is 0 Å². The van der Waals surface area contributed by atoms with Crippen LogP contribution in [-0.2, 0) is 18.2 Å². The van der Waals surface area contributed by atoms with Crippen molar-refractivity contribution in [2.45, 2.75) is 63.1 Å². The highest BCUT2D eigenvalue weighted by Gasteiger charge is 2.50. The van der Waals surface area contributed by atoms with E-state index in [-0.39, 0.29) is 36.4 Å². The number of aliphatic hydroxyl groups is 1. The first-order valence-electron chi connectivity index (χ1n) is 12.5. The van der Waals surface area contributed by atoms with Crippen molar-refractivity contribution < 1.29 is 23.4 Å². The molecule has 5 rings (SSSR count). The predicted octanol–water partition coefficient (Wildman–Crippen LogP) is 2.47. The monoisotopic (exact) mass is 501 g/mol. The van der Waals surface area contributed by atoms with Crippen molar-refractivity contribution in [2.24, 2.45) is 7.05 Å². The fraction of sp³-hybridized carbons (Fsp3) is 0.538. The molecule has 2 aliphatic heterocycles.